The van der Waals surface area contributed by atoms with Gasteiger partial charge in [0.15, 0.2) is 0 Å². The van der Waals surface area contributed by atoms with Crippen LogP contribution < -0.4 is 5.32 Å². The summed E-state index contributed by atoms with van der Waals surface area (Å²) in [6.45, 7) is 2.07. The van der Waals surface area contributed by atoms with Crippen molar-refractivity contribution in [2.24, 2.45) is 0 Å². The molecular formula is C13H20F2N2. The van der Waals surface area contributed by atoms with Crippen molar-refractivity contribution < 1.29 is 8.78 Å². The third-order valence-corrected chi connectivity index (χ3v) is 2.57. The van der Waals surface area contributed by atoms with Crippen molar-refractivity contribution in [3.05, 3.63) is 35.4 Å². The van der Waals surface area contributed by atoms with Crippen LogP contribution in [0.25, 0.3) is 0 Å². The average molecular weight is 242 g/mol. The van der Waals surface area contributed by atoms with Crippen molar-refractivity contribution in [1.82, 2.24) is 10.2 Å². The molecule has 2 nitrogen and oxygen atoms in total. The molecule has 96 valence electrons. The molecule has 0 spiro atoms. The van der Waals surface area contributed by atoms with E-state index in [1.165, 1.54) is 18.2 Å². The lowest BCUT2D eigenvalue weighted by atomic mass is 10.2. The van der Waals surface area contributed by atoms with Crippen LogP contribution in [-0.2, 0) is 6.54 Å². The monoisotopic (exact) mass is 242 g/mol. The van der Waals surface area contributed by atoms with Gasteiger partial charge in [-0.3, -0.25) is 0 Å². The fraction of sp³-hybridized carbons (Fsp3) is 0.538. The first-order valence-corrected chi connectivity index (χ1v) is 5.89. The van der Waals surface area contributed by atoms with Crippen LogP contribution in [0.1, 0.15) is 18.4 Å². The van der Waals surface area contributed by atoms with Gasteiger partial charge in [0.1, 0.15) is 11.6 Å². The molecule has 0 unspecified atom stereocenters. The fourth-order valence-corrected chi connectivity index (χ4v) is 1.59. The molecule has 0 amide bonds. The summed E-state index contributed by atoms with van der Waals surface area (Å²) in [5.41, 5.74) is 0.125. The topological polar surface area (TPSA) is 15.3 Å². The van der Waals surface area contributed by atoms with Gasteiger partial charge in [0, 0.05) is 12.1 Å². The summed E-state index contributed by atoms with van der Waals surface area (Å²) in [5, 5.41) is 3.06. The molecular weight excluding hydrogens is 222 g/mol. The Hall–Kier alpha value is -1.00. The summed E-state index contributed by atoms with van der Waals surface area (Å²) in [6.07, 6.45) is 2.09. The molecule has 17 heavy (non-hydrogen) atoms. The van der Waals surface area contributed by atoms with Crippen molar-refractivity contribution in [3.8, 4) is 0 Å². The molecule has 0 heterocycles. The standard InChI is InChI=1S/C13H20F2N2/c1-17(2)9-4-3-8-16-10-11-12(14)6-5-7-13(11)15/h5-7,16H,3-4,8-10H2,1-2H3. The van der Waals surface area contributed by atoms with Crippen molar-refractivity contribution in [3.63, 3.8) is 0 Å². The van der Waals surface area contributed by atoms with Crippen molar-refractivity contribution >= 4 is 0 Å². The van der Waals surface area contributed by atoms with Gasteiger partial charge in [0.25, 0.3) is 0 Å². The summed E-state index contributed by atoms with van der Waals surface area (Å²) in [4.78, 5) is 2.12. The van der Waals surface area contributed by atoms with E-state index < -0.39 is 11.6 Å². The highest BCUT2D eigenvalue weighted by atomic mass is 19.1. The molecule has 4 heteroatoms. The van der Waals surface area contributed by atoms with Gasteiger partial charge in [-0.2, -0.15) is 0 Å². The first-order chi connectivity index (χ1) is 8.11. The maximum absolute atomic E-state index is 13.2. The summed E-state index contributed by atoms with van der Waals surface area (Å²) in [7, 11) is 4.06. The summed E-state index contributed by atoms with van der Waals surface area (Å²) in [6, 6.07) is 3.95. The van der Waals surface area contributed by atoms with Gasteiger partial charge >= 0.3 is 0 Å². The minimum Gasteiger partial charge on any atom is -0.312 e. The molecule has 0 radical (unpaired) electrons. The molecule has 0 aliphatic carbocycles. The zero-order chi connectivity index (χ0) is 12.7. The van der Waals surface area contributed by atoms with E-state index >= 15 is 0 Å². The van der Waals surface area contributed by atoms with Crippen LogP contribution in [0.3, 0.4) is 0 Å². The molecule has 0 fully saturated rings. The van der Waals surface area contributed by atoms with E-state index in [4.69, 9.17) is 0 Å². The molecule has 0 aliphatic rings. The highest BCUT2D eigenvalue weighted by molar-refractivity contribution is 5.19. The van der Waals surface area contributed by atoms with Gasteiger partial charge in [0.05, 0.1) is 0 Å². The van der Waals surface area contributed by atoms with Crippen LogP contribution in [0.2, 0.25) is 0 Å². The number of hydrogen-bond acceptors (Lipinski definition) is 2. The zero-order valence-corrected chi connectivity index (χ0v) is 10.5. The van der Waals surface area contributed by atoms with Gasteiger partial charge in [-0.25, -0.2) is 8.78 Å². The second kappa shape index (κ2) is 7.35. The fourth-order valence-electron chi connectivity index (χ4n) is 1.59. The average Bonchev–Trinajstić information content (AvgIpc) is 2.26. The second-order valence-corrected chi connectivity index (χ2v) is 4.39. The number of nitrogens with one attached hydrogen (secondary N) is 1. The Morgan fingerprint density at radius 2 is 1.76 bits per heavy atom. The number of rotatable bonds is 7. The highest BCUT2D eigenvalue weighted by Crippen LogP contribution is 2.11. The molecule has 0 saturated heterocycles. The molecule has 0 aliphatic heterocycles. The van der Waals surface area contributed by atoms with E-state index in [0.717, 1.165) is 25.9 Å². The van der Waals surface area contributed by atoms with Gasteiger partial charge < -0.3 is 10.2 Å². The molecule has 1 aromatic carbocycles. The molecule has 0 aromatic heterocycles. The van der Waals surface area contributed by atoms with Gasteiger partial charge in [-0.05, 0) is 52.2 Å². The van der Waals surface area contributed by atoms with E-state index in [9.17, 15) is 8.78 Å². The third kappa shape index (κ3) is 5.24. The summed E-state index contributed by atoms with van der Waals surface area (Å²) < 4.78 is 26.5. The number of benzene rings is 1. The molecule has 0 atom stereocenters. The summed E-state index contributed by atoms with van der Waals surface area (Å²) >= 11 is 0. The van der Waals surface area contributed by atoms with Crippen LogP contribution in [0, 0.1) is 11.6 Å². The van der Waals surface area contributed by atoms with Crippen molar-refractivity contribution in [2.45, 2.75) is 19.4 Å². The second-order valence-electron chi connectivity index (χ2n) is 4.39. The molecule has 0 bridgehead atoms. The van der Waals surface area contributed by atoms with E-state index in [1.807, 2.05) is 14.1 Å². The quantitative estimate of drug-likeness (QED) is 0.739. The Morgan fingerprint density at radius 3 is 2.35 bits per heavy atom. The predicted octanol–water partition coefficient (Wildman–Crippen LogP) is 2.40. The van der Waals surface area contributed by atoms with Gasteiger partial charge in [0.2, 0.25) is 0 Å². The number of nitrogens with zero attached hydrogens (tertiary/aromatic N) is 1. The van der Waals surface area contributed by atoms with Crippen molar-refractivity contribution in [1.29, 1.82) is 0 Å². The zero-order valence-electron chi connectivity index (χ0n) is 10.5. The van der Waals surface area contributed by atoms with E-state index in [0.29, 0.717) is 0 Å². The van der Waals surface area contributed by atoms with Crippen LogP contribution in [0.5, 0.6) is 0 Å². The maximum Gasteiger partial charge on any atom is 0.130 e. The lowest BCUT2D eigenvalue weighted by molar-refractivity contribution is 0.391. The molecule has 1 aromatic rings. The van der Waals surface area contributed by atoms with Gasteiger partial charge in [-0.1, -0.05) is 6.07 Å². The van der Waals surface area contributed by atoms with Gasteiger partial charge in [-0.15, -0.1) is 0 Å². The SMILES string of the molecule is CN(C)CCCCNCc1c(F)cccc1F. The predicted molar refractivity (Wildman–Crippen MR) is 65.9 cm³/mol. The first-order valence-electron chi connectivity index (χ1n) is 5.89. The lowest BCUT2D eigenvalue weighted by Crippen LogP contribution is -2.19. The Bertz CT molecular complexity index is 320. The molecule has 1 rings (SSSR count). The largest absolute Gasteiger partial charge is 0.312 e. The van der Waals surface area contributed by atoms with E-state index in [1.54, 1.807) is 0 Å². The lowest BCUT2D eigenvalue weighted by Gasteiger charge is -2.10. The normalized spacial score (nSPS) is 11.1. The Kier molecular flexibility index (Phi) is 6.08. The Balaban J connectivity index is 2.22. The minimum absolute atomic E-state index is 0.125. The molecule has 1 N–H and O–H groups in total. The minimum atomic E-state index is -0.481. The Labute approximate surface area is 102 Å². The molecule has 0 saturated carbocycles. The number of halogens is 2. The number of hydrogen-bond donors (Lipinski definition) is 1. The van der Waals surface area contributed by atoms with Crippen LogP contribution in [-0.4, -0.2) is 32.1 Å². The van der Waals surface area contributed by atoms with Crippen molar-refractivity contribution in [2.75, 3.05) is 27.2 Å². The summed E-state index contributed by atoms with van der Waals surface area (Å²) in [5.74, 6) is -0.961. The first kappa shape index (κ1) is 14.1. The maximum atomic E-state index is 13.2. The smallest absolute Gasteiger partial charge is 0.130 e. The Morgan fingerprint density at radius 1 is 1.12 bits per heavy atom. The number of unbranched alkanes of at least 4 members (excludes halogenated alkanes) is 1. The van der Waals surface area contributed by atoms with E-state index in [-0.39, 0.29) is 12.1 Å². The third-order valence-electron chi connectivity index (χ3n) is 2.57. The van der Waals surface area contributed by atoms with Crippen LogP contribution in [0.15, 0.2) is 18.2 Å². The highest BCUT2D eigenvalue weighted by Gasteiger charge is 2.06. The van der Waals surface area contributed by atoms with E-state index in [2.05, 4.69) is 10.2 Å². The van der Waals surface area contributed by atoms with Crippen LogP contribution >= 0.6 is 0 Å². The van der Waals surface area contributed by atoms with Crippen LogP contribution in [0.4, 0.5) is 8.78 Å².